The zero-order chi connectivity index (χ0) is 12.4. The summed E-state index contributed by atoms with van der Waals surface area (Å²) < 4.78 is 1.92. The topological polar surface area (TPSA) is 60.9 Å². The van der Waals surface area contributed by atoms with E-state index in [1.54, 1.807) is 18.3 Å². The smallest absolute Gasteiger partial charge is 0.248 e. The minimum atomic E-state index is -0.414. The summed E-state index contributed by atoms with van der Waals surface area (Å²) in [7, 11) is 0. The van der Waals surface area contributed by atoms with E-state index in [2.05, 4.69) is 18.9 Å². The molecule has 2 N–H and O–H groups in total. The predicted molar refractivity (Wildman–Crippen MR) is 66.6 cm³/mol. The number of nitrogens with zero attached hydrogens (tertiary/aromatic N) is 2. The summed E-state index contributed by atoms with van der Waals surface area (Å²) in [5, 5.41) is 4.27. The fraction of sp³-hybridized carbons (Fsp3) is 0.231. The number of rotatable bonds is 3. The van der Waals surface area contributed by atoms with Crippen LogP contribution in [0, 0.1) is 0 Å². The maximum atomic E-state index is 11.1. The van der Waals surface area contributed by atoms with Gasteiger partial charge in [0.25, 0.3) is 0 Å². The van der Waals surface area contributed by atoms with Crippen LogP contribution in [0.2, 0.25) is 0 Å². The number of carbonyl (C=O) groups excluding carboxylic acids is 1. The highest BCUT2D eigenvalue weighted by molar-refractivity contribution is 5.93. The molecule has 0 saturated heterocycles. The Balaban J connectivity index is 2.49. The standard InChI is InChI=1S/C13H15N3O/c1-9(2)16-12(6-7-15-16)10-4-3-5-11(8-10)13(14)17/h3-9H,1-2H3,(H2,14,17). The number of hydrogen-bond donors (Lipinski definition) is 1. The quantitative estimate of drug-likeness (QED) is 0.877. The van der Waals surface area contributed by atoms with Crippen LogP contribution in [0.4, 0.5) is 0 Å². The van der Waals surface area contributed by atoms with Crippen LogP contribution in [0.3, 0.4) is 0 Å². The van der Waals surface area contributed by atoms with Gasteiger partial charge in [0, 0.05) is 23.4 Å². The van der Waals surface area contributed by atoms with E-state index in [-0.39, 0.29) is 6.04 Å². The summed E-state index contributed by atoms with van der Waals surface area (Å²) in [6.07, 6.45) is 1.76. The lowest BCUT2D eigenvalue weighted by Gasteiger charge is -2.11. The fourth-order valence-electron chi connectivity index (χ4n) is 1.79. The van der Waals surface area contributed by atoms with Gasteiger partial charge in [-0.3, -0.25) is 9.48 Å². The summed E-state index contributed by atoms with van der Waals surface area (Å²) in [6.45, 7) is 4.13. The van der Waals surface area contributed by atoms with Crippen molar-refractivity contribution in [3.8, 4) is 11.3 Å². The van der Waals surface area contributed by atoms with E-state index >= 15 is 0 Å². The molecule has 2 aromatic rings. The van der Waals surface area contributed by atoms with Gasteiger partial charge in [-0.05, 0) is 32.0 Å². The zero-order valence-corrected chi connectivity index (χ0v) is 9.92. The number of aromatic nitrogens is 2. The van der Waals surface area contributed by atoms with Gasteiger partial charge in [0.05, 0.1) is 5.69 Å². The minimum absolute atomic E-state index is 0.275. The van der Waals surface area contributed by atoms with Gasteiger partial charge in [-0.25, -0.2) is 0 Å². The lowest BCUT2D eigenvalue weighted by atomic mass is 10.1. The lowest BCUT2D eigenvalue weighted by molar-refractivity contribution is 0.100. The van der Waals surface area contributed by atoms with Crippen LogP contribution in [-0.4, -0.2) is 15.7 Å². The molecule has 1 amide bonds. The molecule has 0 radical (unpaired) electrons. The van der Waals surface area contributed by atoms with Gasteiger partial charge in [-0.1, -0.05) is 12.1 Å². The van der Waals surface area contributed by atoms with Crippen molar-refractivity contribution in [2.45, 2.75) is 19.9 Å². The van der Waals surface area contributed by atoms with E-state index in [0.29, 0.717) is 5.56 Å². The monoisotopic (exact) mass is 229 g/mol. The van der Waals surface area contributed by atoms with Crippen molar-refractivity contribution in [2.24, 2.45) is 5.73 Å². The molecule has 1 aromatic carbocycles. The Morgan fingerprint density at radius 1 is 1.35 bits per heavy atom. The molecule has 0 unspecified atom stereocenters. The average molecular weight is 229 g/mol. The van der Waals surface area contributed by atoms with Crippen molar-refractivity contribution in [2.75, 3.05) is 0 Å². The average Bonchev–Trinajstić information content (AvgIpc) is 2.78. The normalized spacial score (nSPS) is 10.8. The molecule has 2 rings (SSSR count). The molecule has 0 atom stereocenters. The Kier molecular flexibility index (Phi) is 2.95. The molecule has 1 aromatic heterocycles. The maximum Gasteiger partial charge on any atom is 0.248 e. The number of amides is 1. The first kappa shape index (κ1) is 11.4. The molecule has 0 aliphatic heterocycles. The molecular weight excluding hydrogens is 214 g/mol. The van der Waals surface area contributed by atoms with Crippen molar-refractivity contribution in [1.29, 1.82) is 0 Å². The molecule has 0 fully saturated rings. The van der Waals surface area contributed by atoms with Crippen LogP contribution in [0.1, 0.15) is 30.2 Å². The third kappa shape index (κ3) is 2.20. The van der Waals surface area contributed by atoms with E-state index < -0.39 is 5.91 Å². The first-order valence-electron chi connectivity index (χ1n) is 5.53. The first-order valence-corrected chi connectivity index (χ1v) is 5.53. The molecule has 4 nitrogen and oxygen atoms in total. The van der Waals surface area contributed by atoms with Crippen LogP contribution in [-0.2, 0) is 0 Å². The van der Waals surface area contributed by atoms with E-state index in [0.717, 1.165) is 11.3 Å². The Hall–Kier alpha value is -2.10. The second-order valence-electron chi connectivity index (χ2n) is 4.20. The van der Waals surface area contributed by atoms with E-state index in [9.17, 15) is 4.79 Å². The maximum absolute atomic E-state index is 11.1. The Morgan fingerprint density at radius 2 is 2.12 bits per heavy atom. The largest absolute Gasteiger partial charge is 0.366 e. The third-order valence-electron chi connectivity index (χ3n) is 2.60. The van der Waals surface area contributed by atoms with Gasteiger partial charge in [0.2, 0.25) is 5.91 Å². The van der Waals surface area contributed by atoms with Crippen molar-refractivity contribution >= 4 is 5.91 Å². The number of nitrogens with two attached hydrogens (primary N) is 1. The predicted octanol–water partition coefficient (Wildman–Crippen LogP) is 2.23. The van der Waals surface area contributed by atoms with Crippen LogP contribution in [0.25, 0.3) is 11.3 Å². The van der Waals surface area contributed by atoms with Crippen LogP contribution in [0.5, 0.6) is 0 Å². The Bertz CT molecular complexity index is 543. The molecule has 4 heteroatoms. The summed E-state index contributed by atoms with van der Waals surface area (Å²) >= 11 is 0. The summed E-state index contributed by atoms with van der Waals surface area (Å²) in [5.41, 5.74) is 7.73. The van der Waals surface area contributed by atoms with Crippen LogP contribution >= 0.6 is 0 Å². The second-order valence-corrected chi connectivity index (χ2v) is 4.20. The molecule has 88 valence electrons. The third-order valence-corrected chi connectivity index (χ3v) is 2.60. The molecule has 17 heavy (non-hydrogen) atoms. The zero-order valence-electron chi connectivity index (χ0n) is 9.92. The SMILES string of the molecule is CC(C)n1nccc1-c1cccc(C(N)=O)c1. The van der Waals surface area contributed by atoms with Crippen molar-refractivity contribution in [3.63, 3.8) is 0 Å². The second kappa shape index (κ2) is 4.41. The highest BCUT2D eigenvalue weighted by Gasteiger charge is 2.09. The minimum Gasteiger partial charge on any atom is -0.366 e. The Labute approximate surface area is 100 Å². The van der Waals surface area contributed by atoms with E-state index in [4.69, 9.17) is 5.73 Å². The molecule has 0 spiro atoms. The summed E-state index contributed by atoms with van der Waals surface area (Å²) in [5.74, 6) is -0.414. The number of carbonyl (C=O) groups is 1. The number of primary amides is 1. The van der Waals surface area contributed by atoms with E-state index in [1.165, 1.54) is 0 Å². The van der Waals surface area contributed by atoms with Gasteiger partial charge in [-0.2, -0.15) is 5.10 Å². The van der Waals surface area contributed by atoms with Crippen molar-refractivity contribution < 1.29 is 4.79 Å². The van der Waals surface area contributed by atoms with Gasteiger partial charge < -0.3 is 5.73 Å². The van der Waals surface area contributed by atoms with Gasteiger partial charge in [-0.15, -0.1) is 0 Å². The Morgan fingerprint density at radius 3 is 2.76 bits per heavy atom. The summed E-state index contributed by atoms with van der Waals surface area (Å²) in [4.78, 5) is 11.1. The van der Waals surface area contributed by atoms with Gasteiger partial charge >= 0.3 is 0 Å². The number of benzene rings is 1. The molecule has 1 heterocycles. The van der Waals surface area contributed by atoms with E-state index in [1.807, 2.05) is 22.9 Å². The number of hydrogen-bond acceptors (Lipinski definition) is 2. The molecule has 0 bridgehead atoms. The molecule has 0 aliphatic carbocycles. The molecule has 0 saturated carbocycles. The van der Waals surface area contributed by atoms with Gasteiger partial charge in [0.15, 0.2) is 0 Å². The van der Waals surface area contributed by atoms with Crippen molar-refractivity contribution in [1.82, 2.24) is 9.78 Å². The van der Waals surface area contributed by atoms with Crippen LogP contribution < -0.4 is 5.73 Å². The fourth-order valence-corrected chi connectivity index (χ4v) is 1.79. The highest BCUT2D eigenvalue weighted by Crippen LogP contribution is 2.22. The first-order chi connectivity index (χ1) is 8.09. The highest BCUT2D eigenvalue weighted by atomic mass is 16.1. The van der Waals surface area contributed by atoms with Crippen LogP contribution in [0.15, 0.2) is 36.5 Å². The van der Waals surface area contributed by atoms with Gasteiger partial charge in [0.1, 0.15) is 0 Å². The molecule has 0 aliphatic rings. The summed E-state index contributed by atoms with van der Waals surface area (Å²) in [6, 6.07) is 9.48. The lowest BCUT2D eigenvalue weighted by Crippen LogP contribution is -2.11. The molecular formula is C13H15N3O. The van der Waals surface area contributed by atoms with Crippen molar-refractivity contribution in [3.05, 3.63) is 42.1 Å².